The first-order valence-electron chi connectivity index (χ1n) is 4.30. The van der Waals surface area contributed by atoms with Gasteiger partial charge in [0.25, 0.3) is 4.60 Å². The molecule has 0 saturated heterocycles. The van der Waals surface area contributed by atoms with Gasteiger partial charge >= 0.3 is 0 Å². The van der Waals surface area contributed by atoms with Crippen LogP contribution in [0.1, 0.15) is 0 Å². The molecule has 3 heteroatoms. The van der Waals surface area contributed by atoms with E-state index in [0.29, 0.717) is 0 Å². The Balaban J connectivity index is 2.58. The number of nitrogens with two attached hydrogens (primary N) is 1. The minimum Gasteiger partial charge on any atom is -0.393 e. The normalized spacial score (nSPS) is 10.1. The lowest BCUT2D eigenvalue weighted by Gasteiger charge is -1.99. The number of halogens is 1. The molecule has 2 rings (SSSR count). The van der Waals surface area contributed by atoms with Crippen LogP contribution in [0.15, 0.2) is 53.3 Å². The van der Waals surface area contributed by atoms with Crippen LogP contribution in [-0.4, -0.2) is 0 Å². The Kier molecular flexibility index (Phi) is 2.50. The molecule has 0 atom stereocenters. The molecule has 2 aromatic rings. The molecule has 1 heterocycles. The number of rotatable bonds is 1. The largest absolute Gasteiger partial charge is 0.393 e. The highest BCUT2D eigenvalue weighted by atomic mass is 79.9. The Hall–Kier alpha value is -1.35. The zero-order chi connectivity index (χ0) is 9.97. The fourth-order valence-corrected chi connectivity index (χ4v) is 1.75. The van der Waals surface area contributed by atoms with Crippen molar-refractivity contribution < 1.29 is 4.57 Å². The highest BCUT2D eigenvalue weighted by molar-refractivity contribution is 9.10. The van der Waals surface area contributed by atoms with E-state index < -0.39 is 0 Å². The van der Waals surface area contributed by atoms with Crippen LogP contribution >= 0.6 is 15.9 Å². The third-order valence-electron chi connectivity index (χ3n) is 1.99. The van der Waals surface area contributed by atoms with Crippen LogP contribution in [0.3, 0.4) is 0 Å². The summed E-state index contributed by atoms with van der Waals surface area (Å²) in [6.07, 6.45) is 1.97. The van der Waals surface area contributed by atoms with Gasteiger partial charge in [-0.05, 0) is 6.07 Å². The topological polar surface area (TPSA) is 29.9 Å². The molecule has 0 unspecified atom stereocenters. The van der Waals surface area contributed by atoms with Gasteiger partial charge in [-0.2, -0.15) is 4.57 Å². The molecule has 70 valence electrons. The van der Waals surface area contributed by atoms with Gasteiger partial charge in [-0.1, -0.05) is 18.2 Å². The average molecular weight is 250 g/mol. The molecular formula is C11H10BrN2+. The molecule has 2 N–H and O–H groups in total. The number of para-hydroxylation sites is 1. The molecule has 0 amide bonds. The SMILES string of the molecule is Nc1ccc[n+](-c2ccccc2)c1Br. The summed E-state index contributed by atoms with van der Waals surface area (Å²) in [6.45, 7) is 0. The molecule has 1 aromatic heterocycles. The maximum atomic E-state index is 5.79. The summed E-state index contributed by atoms with van der Waals surface area (Å²) >= 11 is 3.45. The summed E-state index contributed by atoms with van der Waals surface area (Å²) < 4.78 is 2.88. The van der Waals surface area contributed by atoms with Crippen LogP contribution < -0.4 is 10.3 Å². The summed E-state index contributed by atoms with van der Waals surface area (Å²) in [6, 6.07) is 13.8. The maximum absolute atomic E-state index is 5.79. The first-order valence-corrected chi connectivity index (χ1v) is 5.09. The second-order valence-corrected chi connectivity index (χ2v) is 3.71. The van der Waals surface area contributed by atoms with Gasteiger partial charge in [-0.15, -0.1) is 0 Å². The Morgan fingerprint density at radius 2 is 1.71 bits per heavy atom. The number of hydrogen-bond acceptors (Lipinski definition) is 1. The van der Waals surface area contributed by atoms with Crippen molar-refractivity contribution in [3.05, 3.63) is 53.3 Å². The van der Waals surface area contributed by atoms with E-state index in [4.69, 9.17) is 5.73 Å². The molecule has 0 fully saturated rings. The van der Waals surface area contributed by atoms with E-state index in [1.807, 2.05) is 53.2 Å². The van der Waals surface area contributed by atoms with E-state index in [9.17, 15) is 0 Å². The molecule has 0 saturated carbocycles. The highest BCUT2D eigenvalue weighted by Crippen LogP contribution is 2.14. The Bertz CT molecular complexity index is 440. The number of aromatic nitrogens is 1. The summed E-state index contributed by atoms with van der Waals surface area (Å²) in [5.74, 6) is 0. The summed E-state index contributed by atoms with van der Waals surface area (Å²) in [5, 5.41) is 0. The van der Waals surface area contributed by atoms with E-state index in [-0.39, 0.29) is 0 Å². The molecule has 0 bridgehead atoms. The predicted molar refractivity (Wildman–Crippen MR) is 60.1 cm³/mol. The molecule has 0 aliphatic rings. The summed E-state index contributed by atoms with van der Waals surface area (Å²) in [7, 11) is 0. The number of benzene rings is 1. The molecule has 1 aromatic carbocycles. The lowest BCUT2D eigenvalue weighted by atomic mass is 10.3. The van der Waals surface area contributed by atoms with Crippen molar-refractivity contribution in [3.63, 3.8) is 0 Å². The highest BCUT2D eigenvalue weighted by Gasteiger charge is 2.12. The summed E-state index contributed by atoms with van der Waals surface area (Å²) in [5.41, 5.74) is 7.61. The van der Waals surface area contributed by atoms with E-state index in [2.05, 4.69) is 15.9 Å². The molecule has 0 aliphatic heterocycles. The van der Waals surface area contributed by atoms with Crippen LogP contribution in [0, 0.1) is 0 Å². The maximum Gasteiger partial charge on any atom is 0.276 e. The van der Waals surface area contributed by atoms with E-state index in [1.54, 1.807) is 0 Å². The molecule has 2 nitrogen and oxygen atoms in total. The fraction of sp³-hybridized carbons (Fsp3) is 0. The van der Waals surface area contributed by atoms with Crippen molar-refractivity contribution in [1.82, 2.24) is 0 Å². The van der Waals surface area contributed by atoms with Gasteiger partial charge in [0.2, 0.25) is 5.69 Å². The minimum atomic E-state index is 0.733. The van der Waals surface area contributed by atoms with Gasteiger partial charge in [0.1, 0.15) is 5.69 Å². The Morgan fingerprint density at radius 1 is 1.00 bits per heavy atom. The zero-order valence-electron chi connectivity index (χ0n) is 7.52. The number of anilines is 1. The van der Waals surface area contributed by atoms with Crippen LogP contribution in [0.4, 0.5) is 5.69 Å². The van der Waals surface area contributed by atoms with Gasteiger partial charge in [0.05, 0.1) is 0 Å². The Morgan fingerprint density at radius 3 is 2.43 bits per heavy atom. The smallest absolute Gasteiger partial charge is 0.276 e. The quantitative estimate of drug-likeness (QED) is 0.610. The lowest BCUT2D eigenvalue weighted by molar-refractivity contribution is -0.606. The third-order valence-corrected chi connectivity index (χ3v) is 2.83. The molecule has 0 aliphatic carbocycles. The van der Waals surface area contributed by atoms with Crippen molar-refractivity contribution in [2.24, 2.45) is 0 Å². The lowest BCUT2D eigenvalue weighted by Crippen LogP contribution is -2.32. The van der Waals surface area contributed by atoms with Crippen molar-refractivity contribution in [3.8, 4) is 5.69 Å². The standard InChI is InChI=1S/C11H10BrN2/c12-11-10(13)7-4-8-14(11)9-5-2-1-3-6-9/h1-8H,13H2/q+1. The van der Waals surface area contributed by atoms with Gasteiger partial charge in [-0.25, -0.2) is 0 Å². The molecule has 14 heavy (non-hydrogen) atoms. The molecular weight excluding hydrogens is 240 g/mol. The first-order chi connectivity index (χ1) is 6.79. The number of nitrogens with zero attached hydrogens (tertiary/aromatic N) is 1. The van der Waals surface area contributed by atoms with E-state index in [0.717, 1.165) is 16.0 Å². The predicted octanol–water partition coefficient (Wildman–Crippen LogP) is 2.31. The average Bonchev–Trinajstić information content (AvgIpc) is 2.23. The van der Waals surface area contributed by atoms with Gasteiger partial charge in [0.15, 0.2) is 6.20 Å². The van der Waals surface area contributed by atoms with Crippen LogP contribution in [0.25, 0.3) is 5.69 Å². The first kappa shape index (κ1) is 9.21. The van der Waals surface area contributed by atoms with Crippen LogP contribution in [0.5, 0.6) is 0 Å². The second-order valence-electron chi connectivity index (χ2n) is 2.96. The zero-order valence-corrected chi connectivity index (χ0v) is 9.11. The van der Waals surface area contributed by atoms with Crippen LogP contribution in [0.2, 0.25) is 0 Å². The molecule has 0 spiro atoms. The summed E-state index contributed by atoms with van der Waals surface area (Å²) in [4.78, 5) is 0. The fourth-order valence-electron chi connectivity index (χ4n) is 1.29. The van der Waals surface area contributed by atoms with Gasteiger partial charge < -0.3 is 5.73 Å². The van der Waals surface area contributed by atoms with Crippen molar-refractivity contribution in [2.75, 3.05) is 5.73 Å². The van der Waals surface area contributed by atoms with Crippen molar-refractivity contribution in [1.29, 1.82) is 0 Å². The van der Waals surface area contributed by atoms with Crippen molar-refractivity contribution in [2.45, 2.75) is 0 Å². The number of nitrogen functional groups attached to an aromatic ring is 1. The van der Waals surface area contributed by atoms with E-state index >= 15 is 0 Å². The number of pyridine rings is 1. The third kappa shape index (κ3) is 1.63. The van der Waals surface area contributed by atoms with Crippen molar-refractivity contribution >= 4 is 21.6 Å². The monoisotopic (exact) mass is 249 g/mol. The van der Waals surface area contributed by atoms with Gasteiger partial charge in [-0.3, -0.25) is 0 Å². The minimum absolute atomic E-state index is 0.733. The second kappa shape index (κ2) is 3.80. The van der Waals surface area contributed by atoms with Crippen LogP contribution in [-0.2, 0) is 0 Å². The Labute approximate surface area is 91.1 Å². The van der Waals surface area contributed by atoms with E-state index in [1.165, 1.54) is 0 Å². The molecule has 0 radical (unpaired) electrons. The number of hydrogen-bond donors (Lipinski definition) is 1. The van der Waals surface area contributed by atoms with Gasteiger partial charge in [0, 0.05) is 34.1 Å².